The number of amides is 2. The maximum absolute atomic E-state index is 13.4. The molecule has 1 saturated heterocycles. The summed E-state index contributed by atoms with van der Waals surface area (Å²) in [6, 6.07) is 9.42. The minimum Gasteiger partial charge on any atom is -0.383 e. The summed E-state index contributed by atoms with van der Waals surface area (Å²) >= 11 is 0. The van der Waals surface area contributed by atoms with Crippen LogP contribution in [0.3, 0.4) is 0 Å². The van der Waals surface area contributed by atoms with Gasteiger partial charge in [-0.2, -0.15) is 0 Å². The first-order chi connectivity index (χ1) is 13.7. The Hall–Kier alpha value is -2.51. The van der Waals surface area contributed by atoms with Crippen LogP contribution in [-0.2, 0) is 16.0 Å². The summed E-state index contributed by atoms with van der Waals surface area (Å²) in [6.45, 7) is 1.96. The van der Waals surface area contributed by atoms with Crippen molar-refractivity contribution in [1.29, 1.82) is 0 Å². The smallest absolute Gasteiger partial charge is 0.318 e. The fourth-order valence-corrected chi connectivity index (χ4v) is 3.32. The summed E-state index contributed by atoms with van der Waals surface area (Å²) in [5.41, 5.74) is 1.76. The first-order valence-electron chi connectivity index (χ1n) is 9.47. The summed E-state index contributed by atoms with van der Waals surface area (Å²) in [4.78, 5) is 18.9. The monoisotopic (exact) mass is 387 g/mol. The molecule has 0 spiro atoms. The number of aromatic nitrogens is 1. The van der Waals surface area contributed by atoms with Crippen molar-refractivity contribution in [2.45, 2.75) is 31.5 Å². The van der Waals surface area contributed by atoms with Crippen LogP contribution in [0.5, 0.6) is 0 Å². The van der Waals surface area contributed by atoms with Gasteiger partial charge in [0.15, 0.2) is 0 Å². The Morgan fingerprint density at radius 3 is 2.86 bits per heavy atom. The van der Waals surface area contributed by atoms with E-state index < -0.39 is 0 Å². The molecule has 2 unspecified atom stereocenters. The molecule has 1 aromatic heterocycles. The van der Waals surface area contributed by atoms with Crippen molar-refractivity contribution in [3.63, 3.8) is 0 Å². The van der Waals surface area contributed by atoms with Gasteiger partial charge in [-0.1, -0.05) is 18.2 Å². The molecule has 2 aromatic rings. The Balaban J connectivity index is 1.75. The van der Waals surface area contributed by atoms with Crippen LogP contribution < -0.4 is 5.32 Å². The first-order valence-corrected chi connectivity index (χ1v) is 9.47. The molecule has 28 heavy (non-hydrogen) atoms. The second kappa shape index (κ2) is 10.1. The van der Waals surface area contributed by atoms with Crippen LogP contribution in [0.2, 0.25) is 0 Å². The third-order valence-corrected chi connectivity index (χ3v) is 4.79. The lowest BCUT2D eigenvalue weighted by Crippen LogP contribution is -2.45. The van der Waals surface area contributed by atoms with E-state index in [0.717, 1.165) is 24.0 Å². The predicted molar refractivity (Wildman–Crippen MR) is 103 cm³/mol. The SMILES string of the molecule is COCCN(Cc1cccnc1)C(=O)NC(c1ccc(F)cc1)C1CCCO1. The lowest BCUT2D eigenvalue weighted by Gasteiger charge is -2.29. The molecule has 7 heteroatoms. The highest BCUT2D eigenvalue weighted by atomic mass is 19.1. The van der Waals surface area contributed by atoms with Crippen LogP contribution in [-0.4, -0.2) is 48.9 Å². The summed E-state index contributed by atoms with van der Waals surface area (Å²) in [5.74, 6) is -0.306. The number of nitrogens with one attached hydrogen (secondary N) is 1. The number of halogens is 1. The van der Waals surface area contributed by atoms with Gasteiger partial charge >= 0.3 is 6.03 Å². The largest absolute Gasteiger partial charge is 0.383 e. The van der Waals surface area contributed by atoms with Gasteiger partial charge in [0, 0.05) is 39.2 Å². The molecule has 1 aromatic carbocycles. The number of hydrogen-bond donors (Lipinski definition) is 1. The van der Waals surface area contributed by atoms with Crippen LogP contribution in [0.4, 0.5) is 9.18 Å². The average Bonchev–Trinajstić information content (AvgIpc) is 3.25. The van der Waals surface area contributed by atoms with Gasteiger partial charge in [0.05, 0.1) is 18.8 Å². The molecule has 6 nitrogen and oxygen atoms in total. The fraction of sp³-hybridized carbons (Fsp3) is 0.429. The van der Waals surface area contributed by atoms with Crippen molar-refractivity contribution >= 4 is 6.03 Å². The number of hydrogen-bond acceptors (Lipinski definition) is 4. The zero-order chi connectivity index (χ0) is 19.8. The van der Waals surface area contributed by atoms with E-state index >= 15 is 0 Å². The molecule has 1 aliphatic rings. The highest BCUT2D eigenvalue weighted by molar-refractivity contribution is 5.75. The lowest BCUT2D eigenvalue weighted by atomic mass is 9.99. The number of nitrogens with zero attached hydrogens (tertiary/aromatic N) is 2. The van der Waals surface area contributed by atoms with Gasteiger partial charge in [-0.05, 0) is 42.2 Å². The highest BCUT2D eigenvalue weighted by Crippen LogP contribution is 2.27. The Kier molecular flexibility index (Phi) is 7.33. The third-order valence-electron chi connectivity index (χ3n) is 4.79. The molecule has 2 atom stereocenters. The Morgan fingerprint density at radius 2 is 2.21 bits per heavy atom. The van der Waals surface area contributed by atoms with Crippen molar-refractivity contribution in [2.24, 2.45) is 0 Å². The molecule has 1 N–H and O–H groups in total. The zero-order valence-electron chi connectivity index (χ0n) is 16.0. The van der Waals surface area contributed by atoms with E-state index in [4.69, 9.17) is 9.47 Å². The van der Waals surface area contributed by atoms with Gasteiger partial charge in [0.25, 0.3) is 0 Å². The van der Waals surface area contributed by atoms with Crippen molar-refractivity contribution in [3.05, 3.63) is 65.7 Å². The summed E-state index contributed by atoms with van der Waals surface area (Å²) in [5, 5.41) is 3.09. The van der Waals surface area contributed by atoms with Crippen LogP contribution in [0.15, 0.2) is 48.8 Å². The van der Waals surface area contributed by atoms with E-state index in [9.17, 15) is 9.18 Å². The summed E-state index contributed by atoms with van der Waals surface area (Å²) in [6.07, 6.45) is 5.11. The number of urea groups is 1. The van der Waals surface area contributed by atoms with Crippen LogP contribution >= 0.6 is 0 Å². The number of methoxy groups -OCH3 is 1. The number of carbonyl (C=O) groups excluding carboxylic acids is 1. The predicted octanol–water partition coefficient (Wildman–Crippen LogP) is 3.30. The normalized spacial score (nSPS) is 17.3. The number of pyridine rings is 1. The number of ether oxygens (including phenoxy) is 2. The quantitative estimate of drug-likeness (QED) is 0.755. The molecular weight excluding hydrogens is 361 g/mol. The number of benzene rings is 1. The minimum atomic E-state index is -0.338. The Labute approximate surface area is 164 Å². The van der Waals surface area contributed by atoms with Gasteiger partial charge in [0.2, 0.25) is 0 Å². The van der Waals surface area contributed by atoms with Crippen molar-refractivity contribution in [2.75, 3.05) is 26.9 Å². The second-order valence-corrected chi connectivity index (χ2v) is 6.81. The van der Waals surface area contributed by atoms with Crippen molar-refractivity contribution < 1.29 is 18.7 Å². The van der Waals surface area contributed by atoms with Crippen molar-refractivity contribution in [3.8, 4) is 0 Å². The molecule has 2 amide bonds. The molecule has 2 heterocycles. The summed E-state index contributed by atoms with van der Waals surface area (Å²) in [7, 11) is 1.61. The van der Waals surface area contributed by atoms with Crippen LogP contribution in [0.1, 0.15) is 30.0 Å². The molecule has 1 fully saturated rings. The Morgan fingerprint density at radius 1 is 1.39 bits per heavy atom. The standard InChI is InChI=1S/C21H26FN3O3/c1-27-13-11-25(15-16-4-2-10-23-14-16)21(26)24-20(19-5-3-12-28-19)17-6-8-18(22)9-7-17/h2,4,6-10,14,19-20H,3,5,11-13,15H2,1H3,(H,24,26). The average molecular weight is 387 g/mol. The maximum atomic E-state index is 13.4. The molecule has 1 aliphatic heterocycles. The number of carbonyl (C=O) groups is 1. The molecule has 150 valence electrons. The summed E-state index contributed by atoms with van der Waals surface area (Å²) < 4.78 is 24.3. The second-order valence-electron chi connectivity index (χ2n) is 6.81. The molecule has 0 radical (unpaired) electrons. The maximum Gasteiger partial charge on any atom is 0.318 e. The van der Waals surface area contributed by atoms with Gasteiger partial charge in [-0.25, -0.2) is 9.18 Å². The van der Waals surface area contributed by atoms with Crippen molar-refractivity contribution in [1.82, 2.24) is 15.2 Å². The van der Waals surface area contributed by atoms with E-state index in [1.54, 1.807) is 36.5 Å². The first kappa shape index (κ1) is 20.2. The van der Waals surface area contributed by atoms with E-state index in [1.807, 2.05) is 12.1 Å². The van der Waals surface area contributed by atoms with E-state index in [2.05, 4.69) is 10.3 Å². The molecule has 0 saturated carbocycles. The van der Waals surface area contributed by atoms with Crippen LogP contribution in [0.25, 0.3) is 0 Å². The fourth-order valence-electron chi connectivity index (χ4n) is 3.32. The minimum absolute atomic E-state index is 0.128. The van der Waals surface area contributed by atoms with Crippen LogP contribution in [0, 0.1) is 5.82 Å². The lowest BCUT2D eigenvalue weighted by molar-refractivity contribution is 0.0763. The van der Waals surface area contributed by atoms with E-state index in [0.29, 0.717) is 26.3 Å². The zero-order valence-corrected chi connectivity index (χ0v) is 16.0. The topological polar surface area (TPSA) is 63.7 Å². The van der Waals surface area contributed by atoms with Gasteiger partial charge in [-0.3, -0.25) is 4.98 Å². The Bertz CT molecular complexity index is 736. The molecular formula is C21H26FN3O3. The molecule has 0 aliphatic carbocycles. The van der Waals surface area contributed by atoms with Gasteiger partial charge in [-0.15, -0.1) is 0 Å². The van der Waals surface area contributed by atoms with Gasteiger partial charge < -0.3 is 19.7 Å². The highest BCUT2D eigenvalue weighted by Gasteiger charge is 2.30. The number of rotatable bonds is 8. The third kappa shape index (κ3) is 5.50. The molecule has 0 bridgehead atoms. The van der Waals surface area contributed by atoms with Gasteiger partial charge in [0.1, 0.15) is 5.82 Å². The van der Waals surface area contributed by atoms with E-state index in [1.165, 1.54) is 12.1 Å². The molecule has 3 rings (SSSR count). The van der Waals surface area contributed by atoms with E-state index in [-0.39, 0.29) is 24.0 Å².